The van der Waals surface area contributed by atoms with Gasteiger partial charge in [0.15, 0.2) is 17.3 Å². The Balaban J connectivity index is 1.63. The molecule has 0 amide bonds. The maximum atomic E-state index is 5.49. The normalized spacial score (nSPS) is 17.1. The lowest BCUT2D eigenvalue weighted by molar-refractivity contribution is 0.356. The zero-order chi connectivity index (χ0) is 18.6. The third-order valence-corrected chi connectivity index (χ3v) is 5.19. The molecular formula is C21H24N4O2. The van der Waals surface area contributed by atoms with Crippen molar-refractivity contribution in [3.8, 4) is 11.5 Å². The Kier molecular flexibility index (Phi) is 5.05. The SMILES string of the molecule is COc1cc2cnnc(N3CCCC(Cc4ccccn4)C3)c2cc1OC. The van der Waals surface area contributed by atoms with E-state index in [1.807, 2.05) is 24.4 Å². The van der Waals surface area contributed by atoms with E-state index >= 15 is 0 Å². The van der Waals surface area contributed by atoms with Crippen LogP contribution in [0.4, 0.5) is 5.82 Å². The van der Waals surface area contributed by atoms with E-state index in [4.69, 9.17) is 9.47 Å². The number of methoxy groups -OCH3 is 2. The molecular weight excluding hydrogens is 340 g/mol. The third kappa shape index (κ3) is 3.65. The van der Waals surface area contributed by atoms with Gasteiger partial charge in [-0.3, -0.25) is 4.98 Å². The fourth-order valence-electron chi connectivity index (χ4n) is 3.87. The van der Waals surface area contributed by atoms with Gasteiger partial charge >= 0.3 is 0 Å². The van der Waals surface area contributed by atoms with Gasteiger partial charge in [-0.1, -0.05) is 6.07 Å². The second-order valence-corrected chi connectivity index (χ2v) is 6.94. The van der Waals surface area contributed by atoms with Gasteiger partial charge in [0.05, 0.1) is 20.4 Å². The van der Waals surface area contributed by atoms with E-state index < -0.39 is 0 Å². The first kappa shape index (κ1) is 17.5. The van der Waals surface area contributed by atoms with Crippen LogP contribution in [0.15, 0.2) is 42.7 Å². The minimum atomic E-state index is 0.561. The van der Waals surface area contributed by atoms with Gasteiger partial charge in [0, 0.05) is 35.8 Å². The summed E-state index contributed by atoms with van der Waals surface area (Å²) in [4.78, 5) is 6.83. The summed E-state index contributed by atoms with van der Waals surface area (Å²) in [5.41, 5.74) is 1.15. The maximum Gasteiger partial charge on any atom is 0.161 e. The monoisotopic (exact) mass is 364 g/mol. The minimum absolute atomic E-state index is 0.561. The van der Waals surface area contributed by atoms with E-state index in [9.17, 15) is 0 Å². The number of aromatic nitrogens is 3. The van der Waals surface area contributed by atoms with Gasteiger partial charge in [-0.15, -0.1) is 5.10 Å². The summed E-state index contributed by atoms with van der Waals surface area (Å²) in [5, 5.41) is 10.7. The Hall–Kier alpha value is -2.89. The van der Waals surface area contributed by atoms with E-state index in [0.29, 0.717) is 17.4 Å². The van der Waals surface area contributed by atoms with Crippen molar-refractivity contribution in [2.75, 3.05) is 32.2 Å². The fraction of sp³-hybridized carbons (Fsp3) is 0.381. The molecule has 3 heterocycles. The molecule has 0 saturated carbocycles. The van der Waals surface area contributed by atoms with Crippen molar-refractivity contribution in [3.05, 3.63) is 48.4 Å². The summed E-state index contributed by atoms with van der Waals surface area (Å²) in [7, 11) is 3.30. The molecule has 1 atom stereocenters. The number of benzene rings is 1. The molecule has 1 fully saturated rings. The van der Waals surface area contributed by atoms with E-state index in [-0.39, 0.29) is 0 Å². The van der Waals surface area contributed by atoms with Crippen molar-refractivity contribution in [3.63, 3.8) is 0 Å². The highest BCUT2D eigenvalue weighted by atomic mass is 16.5. The van der Waals surface area contributed by atoms with Crippen LogP contribution in [0, 0.1) is 5.92 Å². The fourth-order valence-corrected chi connectivity index (χ4v) is 3.87. The molecule has 2 aromatic heterocycles. The summed E-state index contributed by atoms with van der Waals surface area (Å²) in [6, 6.07) is 10.1. The minimum Gasteiger partial charge on any atom is -0.493 e. The lowest BCUT2D eigenvalue weighted by Gasteiger charge is -2.33. The summed E-state index contributed by atoms with van der Waals surface area (Å²) in [6.07, 6.45) is 6.99. The number of nitrogens with zero attached hydrogens (tertiary/aromatic N) is 4. The number of hydrogen-bond donors (Lipinski definition) is 0. The summed E-state index contributed by atoms with van der Waals surface area (Å²) >= 11 is 0. The molecule has 140 valence electrons. The average molecular weight is 364 g/mol. The van der Waals surface area contributed by atoms with E-state index in [1.54, 1.807) is 20.4 Å². The highest BCUT2D eigenvalue weighted by Gasteiger charge is 2.24. The molecule has 1 saturated heterocycles. The molecule has 27 heavy (non-hydrogen) atoms. The predicted octanol–water partition coefficient (Wildman–Crippen LogP) is 3.50. The number of pyridine rings is 1. The molecule has 0 spiro atoms. The van der Waals surface area contributed by atoms with Gasteiger partial charge in [-0.2, -0.15) is 5.10 Å². The first-order chi connectivity index (χ1) is 13.3. The van der Waals surface area contributed by atoms with Gasteiger partial charge in [0.1, 0.15) is 0 Å². The van der Waals surface area contributed by atoms with Crippen molar-refractivity contribution in [2.45, 2.75) is 19.3 Å². The molecule has 1 aliphatic heterocycles. The lowest BCUT2D eigenvalue weighted by atomic mass is 9.93. The zero-order valence-corrected chi connectivity index (χ0v) is 15.8. The Labute approximate surface area is 159 Å². The first-order valence-corrected chi connectivity index (χ1v) is 9.30. The van der Waals surface area contributed by atoms with Gasteiger partial charge in [-0.05, 0) is 49.4 Å². The van der Waals surface area contributed by atoms with Crippen LogP contribution in [-0.2, 0) is 6.42 Å². The molecule has 3 aromatic rings. The number of anilines is 1. The molecule has 0 aliphatic carbocycles. The average Bonchev–Trinajstić information content (AvgIpc) is 2.73. The largest absolute Gasteiger partial charge is 0.493 e. The molecule has 6 heteroatoms. The van der Waals surface area contributed by atoms with Crippen molar-refractivity contribution in [2.24, 2.45) is 5.92 Å². The molecule has 4 rings (SSSR count). The number of fused-ring (bicyclic) bond motifs is 1. The third-order valence-electron chi connectivity index (χ3n) is 5.19. The van der Waals surface area contributed by atoms with Crippen molar-refractivity contribution < 1.29 is 9.47 Å². The van der Waals surface area contributed by atoms with Crippen molar-refractivity contribution in [1.82, 2.24) is 15.2 Å². The van der Waals surface area contributed by atoms with Crippen molar-refractivity contribution in [1.29, 1.82) is 0 Å². The number of hydrogen-bond acceptors (Lipinski definition) is 6. The molecule has 0 bridgehead atoms. The van der Waals surface area contributed by atoms with Crippen LogP contribution in [0.5, 0.6) is 11.5 Å². The molecule has 1 aliphatic rings. The smallest absolute Gasteiger partial charge is 0.161 e. The number of piperidine rings is 1. The first-order valence-electron chi connectivity index (χ1n) is 9.30. The molecule has 0 N–H and O–H groups in total. The molecule has 0 radical (unpaired) electrons. The second-order valence-electron chi connectivity index (χ2n) is 6.94. The Bertz CT molecular complexity index is 917. The molecule has 6 nitrogen and oxygen atoms in total. The number of rotatable bonds is 5. The van der Waals surface area contributed by atoms with Crippen LogP contribution < -0.4 is 14.4 Å². The van der Waals surface area contributed by atoms with Gasteiger partial charge in [0.25, 0.3) is 0 Å². The highest BCUT2D eigenvalue weighted by molar-refractivity contribution is 5.94. The van der Waals surface area contributed by atoms with Gasteiger partial charge < -0.3 is 14.4 Å². The van der Waals surface area contributed by atoms with Crippen LogP contribution in [0.25, 0.3) is 10.8 Å². The Morgan fingerprint density at radius 2 is 2.00 bits per heavy atom. The van der Waals surface area contributed by atoms with Gasteiger partial charge in [-0.25, -0.2) is 0 Å². The van der Waals surface area contributed by atoms with Crippen LogP contribution >= 0.6 is 0 Å². The van der Waals surface area contributed by atoms with E-state index in [2.05, 4.69) is 32.2 Å². The summed E-state index contributed by atoms with van der Waals surface area (Å²) < 4.78 is 10.9. The van der Waals surface area contributed by atoms with E-state index in [0.717, 1.165) is 48.2 Å². The Morgan fingerprint density at radius 1 is 1.15 bits per heavy atom. The van der Waals surface area contributed by atoms with Gasteiger partial charge in [0.2, 0.25) is 0 Å². The Morgan fingerprint density at radius 3 is 2.78 bits per heavy atom. The molecule has 1 unspecified atom stereocenters. The highest BCUT2D eigenvalue weighted by Crippen LogP contribution is 2.36. The quantitative estimate of drug-likeness (QED) is 0.691. The predicted molar refractivity (Wildman–Crippen MR) is 106 cm³/mol. The lowest BCUT2D eigenvalue weighted by Crippen LogP contribution is -2.37. The summed E-state index contributed by atoms with van der Waals surface area (Å²) in [6.45, 7) is 1.94. The van der Waals surface area contributed by atoms with Crippen LogP contribution in [-0.4, -0.2) is 42.5 Å². The van der Waals surface area contributed by atoms with Crippen LogP contribution in [0.1, 0.15) is 18.5 Å². The van der Waals surface area contributed by atoms with E-state index in [1.165, 1.54) is 6.42 Å². The number of ether oxygens (including phenoxy) is 2. The van der Waals surface area contributed by atoms with Crippen molar-refractivity contribution >= 4 is 16.6 Å². The maximum absolute atomic E-state index is 5.49. The zero-order valence-electron chi connectivity index (χ0n) is 15.8. The van der Waals surface area contributed by atoms with Crippen LogP contribution in [0.2, 0.25) is 0 Å². The second kappa shape index (κ2) is 7.78. The molecule has 1 aromatic carbocycles. The van der Waals surface area contributed by atoms with Crippen LogP contribution in [0.3, 0.4) is 0 Å². The topological polar surface area (TPSA) is 60.4 Å². The standard InChI is InChI=1S/C21H24N4O2/c1-26-19-11-16-13-23-24-21(18(16)12-20(19)27-2)25-9-5-6-15(14-25)10-17-7-3-4-8-22-17/h3-4,7-8,11-13,15H,5-6,9-10,14H2,1-2H3. The summed E-state index contributed by atoms with van der Waals surface area (Å²) in [5.74, 6) is 2.89.